The highest BCUT2D eigenvalue weighted by Gasteiger charge is 2.35. The predicted molar refractivity (Wildman–Crippen MR) is 87.4 cm³/mol. The maximum Gasteiger partial charge on any atom is 0.303 e. The van der Waals surface area contributed by atoms with E-state index in [0.717, 1.165) is 5.01 Å². The molecule has 0 bridgehead atoms. The third-order valence-corrected chi connectivity index (χ3v) is 3.68. The molecular formula is C15H17N3O4S. The van der Waals surface area contributed by atoms with Crippen molar-refractivity contribution in [3.63, 3.8) is 0 Å². The molecule has 23 heavy (non-hydrogen) atoms. The third kappa shape index (κ3) is 4.10. The number of rotatable bonds is 5. The molecule has 7 nitrogen and oxygen atoms in total. The Morgan fingerprint density at radius 1 is 1.39 bits per heavy atom. The van der Waals surface area contributed by atoms with E-state index in [2.05, 4.69) is 10.4 Å². The van der Waals surface area contributed by atoms with Gasteiger partial charge in [-0.2, -0.15) is 5.01 Å². The second-order valence-electron chi connectivity index (χ2n) is 6.16. The normalized spacial score (nSPS) is 20.2. The number of carboxylic acid groups (broad SMARTS) is 1. The highest BCUT2D eigenvalue weighted by atomic mass is 32.1. The summed E-state index contributed by atoms with van der Waals surface area (Å²) >= 11 is 5.05. The molecule has 1 aliphatic heterocycles. The fraction of sp³-hybridized carbons (Fsp3) is 0.400. The van der Waals surface area contributed by atoms with Gasteiger partial charge in [0.25, 0.3) is 5.91 Å². The van der Waals surface area contributed by atoms with Crippen molar-refractivity contribution in [2.24, 2.45) is 16.3 Å². The molecule has 122 valence electrons. The first-order valence-electron chi connectivity index (χ1n) is 7.02. The largest absolute Gasteiger partial charge is 0.481 e. The number of carboxylic acids is 1. The molecule has 2 N–H and O–H groups in total. The summed E-state index contributed by atoms with van der Waals surface area (Å²) in [5.41, 5.74) is 2.23. The molecule has 2 aliphatic rings. The first-order valence-corrected chi connectivity index (χ1v) is 7.43. The van der Waals surface area contributed by atoms with Crippen molar-refractivity contribution in [3.05, 3.63) is 24.3 Å². The fourth-order valence-electron chi connectivity index (χ4n) is 2.41. The first-order chi connectivity index (χ1) is 10.7. The number of hydrazine groups is 1. The Bertz CT molecular complexity index is 664. The summed E-state index contributed by atoms with van der Waals surface area (Å²) in [5.74, 6) is -2.43. The van der Waals surface area contributed by atoms with E-state index in [9.17, 15) is 14.4 Å². The minimum absolute atomic E-state index is 0.0365. The molecule has 1 unspecified atom stereocenters. The maximum absolute atomic E-state index is 12.4. The van der Waals surface area contributed by atoms with Crippen molar-refractivity contribution in [3.8, 4) is 0 Å². The number of hydrogen-bond donors (Lipinski definition) is 2. The minimum atomic E-state index is -0.985. The van der Waals surface area contributed by atoms with E-state index in [1.54, 1.807) is 38.2 Å². The van der Waals surface area contributed by atoms with Gasteiger partial charge in [-0.15, -0.1) is 0 Å². The number of fused-ring (bicyclic) bond motifs is 1. The second kappa shape index (κ2) is 6.41. The van der Waals surface area contributed by atoms with E-state index in [1.165, 1.54) is 0 Å². The zero-order chi connectivity index (χ0) is 17.2. The number of thiocarbonyl (C=S) groups is 1. The maximum atomic E-state index is 12.4. The Kier molecular flexibility index (Phi) is 4.74. The van der Waals surface area contributed by atoms with Crippen LogP contribution in [0.1, 0.15) is 26.7 Å². The molecule has 2 amide bonds. The molecule has 0 fully saturated rings. The zero-order valence-electron chi connectivity index (χ0n) is 12.8. The van der Waals surface area contributed by atoms with Crippen LogP contribution in [0.5, 0.6) is 0 Å². The van der Waals surface area contributed by atoms with E-state index in [0.29, 0.717) is 5.71 Å². The topological polar surface area (TPSA) is 99.1 Å². The van der Waals surface area contributed by atoms with E-state index in [1.807, 2.05) is 0 Å². The lowest BCUT2D eigenvalue weighted by Crippen LogP contribution is -2.55. The number of allylic oxidation sites excluding steroid dienone is 3. The average Bonchev–Trinajstić information content (AvgIpc) is 2.41. The Hall–Kier alpha value is -2.35. The van der Waals surface area contributed by atoms with Crippen LogP contribution in [0.3, 0.4) is 0 Å². The highest BCUT2D eigenvalue weighted by molar-refractivity contribution is 7.80. The number of carbonyl (C=O) groups is 3. The summed E-state index contributed by atoms with van der Waals surface area (Å²) < 4.78 is 0. The van der Waals surface area contributed by atoms with Crippen LogP contribution in [0.15, 0.2) is 29.3 Å². The van der Waals surface area contributed by atoms with Gasteiger partial charge in [0.15, 0.2) is 0 Å². The molecule has 1 aliphatic carbocycles. The van der Waals surface area contributed by atoms with Gasteiger partial charge in [0.1, 0.15) is 5.92 Å². The van der Waals surface area contributed by atoms with Crippen molar-refractivity contribution >= 4 is 40.8 Å². The molecule has 2 rings (SSSR count). The molecule has 1 heterocycles. The first kappa shape index (κ1) is 17.0. The van der Waals surface area contributed by atoms with Crippen molar-refractivity contribution in [1.29, 1.82) is 0 Å². The second-order valence-corrected chi connectivity index (χ2v) is 6.53. The Labute approximate surface area is 138 Å². The number of aliphatic carboxylic acids is 1. The van der Waals surface area contributed by atoms with Crippen LogP contribution in [-0.4, -0.2) is 38.7 Å². The van der Waals surface area contributed by atoms with Crippen molar-refractivity contribution < 1.29 is 19.5 Å². The fourth-order valence-corrected chi connectivity index (χ4v) is 2.66. The SMILES string of the molecule is CC(C)(CC(=O)O)CC(=O)NN1C(=O)C2C=CC=CC2=NC1=S. The number of carbonyl (C=O) groups excluding carboxylic acids is 2. The molecule has 0 saturated carbocycles. The Morgan fingerprint density at radius 2 is 2.09 bits per heavy atom. The summed E-state index contributed by atoms with van der Waals surface area (Å²) in [7, 11) is 0. The van der Waals surface area contributed by atoms with Crippen molar-refractivity contribution in [2.45, 2.75) is 26.7 Å². The molecule has 0 saturated heterocycles. The van der Waals surface area contributed by atoms with E-state index in [4.69, 9.17) is 17.3 Å². The van der Waals surface area contributed by atoms with Crippen molar-refractivity contribution in [2.75, 3.05) is 0 Å². The van der Waals surface area contributed by atoms with E-state index < -0.39 is 23.2 Å². The zero-order valence-corrected chi connectivity index (χ0v) is 13.6. The summed E-state index contributed by atoms with van der Waals surface area (Å²) in [6.07, 6.45) is 6.65. The van der Waals surface area contributed by atoms with Crippen LogP contribution in [0.2, 0.25) is 0 Å². The number of nitrogens with zero attached hydrogens (tertiary/aromatic N) is 2. The van der Waals surface area contributed by atoms with Gasteiger partial charge < -0.3 is 5.11 Å². The van der Waals surface area contributed by atoms with Crippen LogP contribution >= 0.6 is 12.2 Å². The number of hydrogen-bond acceptors (Lipinski definition) is 4. The minimum Gasteiger partial charge on any atom is -0.481 e. The van der Waals surface area contributed by atoms with E-state index in [-0.39, 0.29) is 23.9 Å². The van der Waals surface area contributed by atoms with Gasteiger partial charge in [-0.05, 0) is 23.7 Å². The Morgan fingerprint density at radius 3 is 2.74 bits per heavy atom. The Balaban J connectivity index is 2.06. The van der Waals surface area contributed by atoms with Gasteiger partial charge in [0.2, 0.25) is 11.0 Å². The van der Waals surface area contributed by atoms with Crippen LogP contribution in [0.4, 0.5) is 0 Å². The number of aliphatic imine (C=N–C) groups is 1. The molecule has 0 spiro atoms. The summed E-state index contributed by atoms with van der Waals surface area (Å²) in [6, 6.07) is 0. The van der Waals surface area contributed by atoms with Crippen molar-refractivity contribution in [1.82, 2.24) is 10.4 Å². The van der Waals surface area contributed by atoms with Crippen LogP contribution < -0.4 is 5.43 Å². The summed E-state index contributed by atoms with van der Waals surface area (Å²) in [4.78, 5) is 39.5. The lowest BCUT2D eigenvalue weighted by molar-refractivity contribution is -0.141. The van der Waals surface area contributed by atoms with E-state index >= 15 is 0 Å². The molecule has 0 radical (unpaired) electrons. The van der Waals surface area contributed by atoms with Gasteiger partial charge in [0, 0.05) is 6.42 Å². The monoisotopic (exact) mass is 335 g/mol. The smallest absolute Gasteiger partial charge is 0.303 e. The standard InChI is InChI=1S/C15H17N3O4S/c1-15(2,8-12(20)21)7-11(19)17-18-13(22)9-5-3-4-6-10(9)16-14(18)23/h3-6,9H,7-8H2,1-2H3,(H,17,19)(H,20,21). The van der Waals surface area contributed by atoms with Gasteiger partial charge in [0.05, 0.1) is 12.1 Å². The number of nitrogens with one attached hydrogen (secondary N) is 1. The molecule has 0 aromatic rings. The van der Waals surface area contributed by atoms with Gasteiger partial charge >= 0.3 is 5.97 Å². The molecule has 0 aromatic heterocycles. The quantitative estimate of drug-likeness (QED) is 0.736. The number of amides is 2. The lowest BCUT2D eigenvalue weighted by Gasteiger charge is -2.31. The summed E-state index contributed by atoms with van der Waals surface area (Å²) in [5, 5.41) is 9.76. The van der Waals surface area contributed by atoms with Gasteiger partial charge in [-0.3, -0.25) is 19.8 Å². The molecule has 0 aromatic carbocycles. The summed E-state index contributed by atoms with van der Waals surface area (Å²) in [6.45, 7) is 3.34. The predicted octanol–water partition coefficient (Wildman–Crippen LogP) is 1.22. The molecular weight excluding hydrogens is 318 g/mol. The van der Waals surface area contributed by atoms with Crippen LogP contribution in [0.25, 0.3) is 0 Å². The van der Waals surface area contributed by atoms with Crippen LogP contribution in [0, 0.1) is 11.3 Å². The van der Waals surface area contributed by atoms with Gasteiger partial charge in [-0.1, -0.05) is 32.1 Å². The molecule has 1 atom stereocenters. The third-order valence-electron chi connectivity index (χ3n) is 3.41. The average molecular weight is 335 g/mol. The van der Waals surface area contributed by atoms with Crippen LogP contribution in [-0.2, 0) is 14.4 Å². The highest BCUT2D eigenvalue weighted by Crippen LogP contribution is 2.25. The lowest BCUT2D eigenvalue weighted by atomic mass is 9.85. The molecule has 8 heteroatoms. The van der Waals surface area contributed by atoms with Gasteiger partial charge in [-0.25, -0.2) is 4.99 Å².